The van der Waals surface area contributed by atoms with Gasteiger partial charge in [0.25, 0.3) is 5.91 Å². The lowest BCUT2D eigenvalue weighted by Crippen LogP contribution is -2.28. The van der Waals surface area contributed by atoms with Crippen molar-refractivity contribution in [1.82, 2.24) is 9.88 Å². The lowest BCUT2D eigenvalue weighted by molar-refractivity contribution is 0.0931. The van der Waals surface area contributed by atoms with Crippen LogP contribution in [0.1, 0.15) is 34.6 Å². The molecule has 2 N–H and O–H groups in total. The largest absolute Gasteiger partial charge is 0.384 e. The van der Waals surface area contributed by atoms with Crippen molar-refractivity contribution in [1.29, 1.82) is 0 Å². The van der Waals surface area contributed by atoms with Crippen LogP contribution >= 0.6 is 0 Å². The highest BCUT2D eigenvalue weighted by Crippen LogP contribution is 2.14. The standard InChI is InChI=1S/C17H18N2O2/c1-13(18-17(21)16-6-3-11-19(16)2)15-9-7-14(8-10-15)5-4-12-20/h3,6-11,13,20H,12H2,1-2H3,(H,18,21). The number of hydrogen-bond acceptors (Lipinski definition) is 2. The molecule has 21 heavy (non-hydrogen) atoms. The van der Waals surface area contributed by atoms with E-state index in [2.05, 4.69) is 17.2 Å². The van der Waals surface area contributed by atoms with Crippen LogP contribution in [0.25, 0.3) is 0 Å². The van der Waals surface area contributed by atoms with Gasteiger partial charge in [-0.15, -0.1) is 0 Å². The van der Waals surface area contributed by atoms with Crippen LogP contribution in [0.15, 0.2) is 42.6 Å². The van der Waals surface area contributed by atoms with E-state index < -0.39 is 0 Å². The van der Waals surface area contributed by atoms with Crippen molar-refractivity contribution in [3.8, 4) is 11.8 Å². The second-order valence-electron chi connectivity index (χ2n) is 4.78. The van der Waals surface area contributed by atoms with E-state index in [1.165, 1.54) is 0 Å². The lowest BCUT2D eigenvalue weighted by atomic mass is 10.1. The minimum absolute atomic E-state index is 0.0905. The van der Waals surface area contributed by atoms with Crippen LogP contribution < -0.4 is 5.32 Å². The maximum absolute atomic E-state index is 12.1. The lowest BCUT2D eigenvalue weighted by Gasteiger charge is -2.14. The van der Waals surface area contributed by atoms with Crippen LogP contribution in [0, 0.1) is 11.8 Å². The Morgan fingerprint density at radius 2 is 2.05 bits per heavy atom. The van der Waals surface area contributed by atoms with Crippen LogP contribution in [-0.2, 0) is 7.05 Å². The Morgan fingerprint density at radius 1 is 1.33 bits per heavy atom. The molecule has 0 fully saturated rings. The number of carbonyl (C=O) groups excluding carboxylic acids is 1. The second-order valence-corrected chi connectivity index (χ2v) is 4.78. The maximum Gasteiger partial charge on any atom is 0.268 e. The molecule has 1 amide bonds. The molecule has 2 aromatic rings. The smallest absolute Gasteiger partial charge is 0.268 e. The average molecular weight is 282 g/mol. The van der Waals surface area contributed by atoms with Crippen molar-refractivity contribution in [2.24, 2.45) is 7.05 Å². The number of aliphatic hydroxyl groups is 1. The summed E-state index contributed by atoms with van der Waals surface area (Å²) in [6.45, 7) is 1.79. The molecule has 4 nitrogen and oxygen atoms in total. The highest BCUT2D eigenvalue weighted by Gasteiger charge is 2.13. The van der Waals surface area contributed by atoms with Gasteiger partial charge < -0.3 is 15.0 Å². The topological polar surface area (TPSA) is 54.3 Å². The molecule has 0 bridgehead atoms. The second kappa shape index (κ2) is 6.78. The Morgan fingerprint density at radius 3 is 2.62 bits per heavy atom. The van der Waals surface area contributed by atoms with Gasteiger partial charge in [-0.2, -0.15) is 0 Å². The molecule has 0 saturated heterocycles. The predicted molar refractivity (Wildman–Crippen MR) is 81.7 cm³/mol. The Bertz CT molecular complexity index is 675. The molecule has 108 valence electrons. The molecule has 0 aliphatic carbocycles. The zero-order valence-corrected chi connectivity index (χ0v) is 12.1. The molecule has 1 heterocycles. The summed E-state index contributed by atoms with van der Waals surface area (Å²) in [5, 5.41) is 11.6. The molecule has 0 spiro atoms. The normalized spacial score (nSPS) is 11.4. The quantitative estimate of drug-likeness (QED) is 0.844. The molecule has 0 saturated carbocycles. The van der Waals surface area contributed by atoms with Gasteiger partial charge in [0.2, 0.25) is 0 Å². The summed E-state index contributed by atoms with van der Waals surface area (Å²) in [6, 6.07) is 11.2. The number of hydrogen-bond donors (Lipinski definition) is 2. The first-order valence-electron chi connectivity index (χ1n) is 6.73. The van der Waals surface area contributed by atoms with E-state index in [0.717, 1.165) is 11.1 Å². The summed E-state index contributed by atoms with van der Waals surface area (Å²) >= 11 is 0. The van der Waals surface area contributed by atoms with Gasteiger partial charge in [0.05, 0.1) is 6.04 Å². The average Bonchev–Trinajstić information content (AvgIpc) is 2.91. The predicted octanol–water partition coefficient (Wildman–Crippen LogP) is 1.86. The van der Waals surface area contributed by atoms with Gasteiger partial charge in [-0.05, 0) is 36.8 Å². The number of benzene rings is 1. The number of carbonyl (C=O) groups is 1. The van der Waals surface area contributed by atoms with E-state index in [9.17, 15) is 4.79 Å². The first-order valence-corrected chi connectivity index (χ1v) is 6.73. The number of aromatic nitrogens is 1. The van der Waals surface area contributed by atoms with Crippen LogP contribution in [0.5, 0.6) is 0 Å². The van der Waals surface area contributed by atoms with Gasteiger partial charge in [-0.3, -0.25) is 4.79 Å². The summed E-state index contributed by atoms with van der Waals surface area (Å²) in [7, 11) is 1.84. The zero-order valence-electron chi connectivity index (χ0n) is 12.1. The molecule has 1 unspecified atom stereocenters. The molecule has 4 heteroatoms. The summed E-state index contributed by atoms with van der Waals surface area (Å²) < 4.78 is 1.79. The Balaban J connectivity index is 2.05. The fourth-order valence-electron chi connectivity index (χ4n) is 2.05. The molecule has 0 aliphatic rings. The van der Waals surface area contributed by atoms with Crippen LogP contribution in [0.3, 0.4) is 0 Å². The van der Waals surface area contributed by atoms with Crippen LogP contribution in [0.4, 0.5) is 0 Å². The summed E-state index contributed by atoms with van der Waals surface area (Å²) in [6.07, 6.45) is 1.84. The highest BCUT2D eigenvalue weighted by molar-refractivity contribution is 5.92. The number of amides is 1. The van der Waals surface area contributed by atoms with Crippen LogP contribution in [-0.4, -0.2) is 22.2 Å². The minimum Gasteiger partial charge on any atom is -0.384 e. The number of aryl methyl sites for hydroxylation is 1. The third kappa shape index (κ3) is 3.74. The fraction of sp³-hybridized carbons (Fsp3) is 0.235. The minimum atomic E-state index is -0.148. The van der Waals surface area contributed by atoms with Gasteiger partial charge in [-0.1, -0.05) is 24.0 Å². The van der Waals surface area contributed by atoms with E-state index in [1.54, 1.807) is 10.6 Å². The number of aliphatic hydroxyl groups excluding tert-OH is 1. The monoisotopic (exact) mass is 282 g/mol. The van der Waals surface area contributed by atoms with Gasteiger partial charge in [0, 0.05) is 18.8 Å². The van der Waals surface area contributed by atoms with Crippen molar-refractivity contribution in [3.05, 3.63) is 59.4 Å². The Hall–Kier alpha value is -2.51. The molecule has 0 aliphatic heterocycles. The van der Waals surface area contributed by atoms with E-state index in [1.807, 2.05) is 50.5 Å². The van der Waals surface area contributed by atoms with E-state index in [-0.39, 0.29) is 18.6 Å². The SMILES string of the molecule is CC(NC(=O)c1cccn1C)c1ccc(C#CCO)cc1. The summed E-state index contributed by atoms with van der Waals surface area (Å²) in [5.41, 5.74) is 2.48. The first-order chi connectivity index (χ1) is 10.1. The molecule has 1 atom stereocenters. The van der Waals surface area contributed by atoms with Crippen molar-refractivity contribution in [2.75, 3.05) is 6.61 Å². The van der Waals surface area contributed by atoms with E-state index in [4.69, 9.17) is 5.11 Å². The zero-order chi connectivity index (χ0) is 15.2. The highest BCUT2D eigenvalue weighted by atomic mass is 16.2. The molecular formula is C17H18N2O2. The first kappa shape index (κ1) is 14.9. The third-order valence-corrected chi connectivity index (χ3v) is 3.25. The maximum atomic E-state index is 12.1. The van der Waals surface area contributed by atoms with Crippen LogP contribution in [0.2, 0.25) is 0 Å². The van der Waals surface area contributed by atoms with Crippen molar-refractivity contribution >= 4 is 5.91 Å². The summed E-state index contributed by atoms with van der Waals surface area (Å²) in [5.74, 6) is 5.35. The molecule has 2 rings (SSSR count). The van der Waals surface area contributed by atoms with Crippen molar-refractivity contribution < 1.29 is 9.90 Å². The molecule has 1 aromatic heterocycles. The molecule has 1 aromatic carbocycles. The Kier molecular flexibility index (Phi) is 4.81. The van der Waals surface area contributed by atoms with Crippen molar-refractivity contribution in [3.63, 3.8) is 0 Å². The molecule has 0 radical (unpaired) electrons. The summed E-state index contributed by atoms with van der Waals surface area (Å²) in [4.78, 5) is 12.1. The van der Waals surface area contributed by atoms with Gasteiger partial charge in [0.15, 0.2) is 0 Å². The van der Waals surface area contributed by atoms with E-state index >= 15 is 0 Å². The third-order valence-electron chi connectivity index (χ3n) is 3.25. The number of nitrogens with one attached hydrogen (secondary N) is 1. The van der Waals surface area contributed by atoms with Gasteiger partial charge in [0.1, 0.15) is 12.3 Å². The van der Waals surface area contributed by atoms with Gasteiger partial charge in [-0.25, -0.2) is 0 Å². The molecular weight excluding hydrogens is 264 g/mol. The number of nitrogens with zero attached hydrogens (tertiary/aromatic N) is 1. The Labute approximate surface area is 124 Å². The van der Waals surface area contributed by atoms with Gasteiger partial charge >= 0.3 is 0 Å². The van der Waals surface area contributed by atoms with E-state index in [0.29, 0.717) is 5.69 Å². The fourth-order valence-corrected chi connectivity index (χ4v) is 2.05. The van der Waals surface area contributed by atoms with Crippen molar-refractivity contribution in [2.45, 2.75) is 13.0 Å². The number of rotatable bonds is 3.